The van der Waals surface area contributed by atoms with E-state index >= 15 is 0 Å². The fraction of sp³-hybridized carbons (Fsp3) is 0.292. The van der Waals surface area contributed by atoms with E-state index in [-0.39, 0.29) is 12.1 Å². The number of amides is 2. The molecule has 4 heterocycles. The van der Waals surface area contributed by atoms with Gasteiger partial charge in [-0.15, -0.1) is 22.7 Å². The molecule has 1 fully saturated rings. The molecule has 6 nitrogen and oxygen atoms in total. The van der Waals surface area contributed by atoms with E-state index in [1.165, 1.54) is 0 Å². The molecule has 4 aromatic rings. The Morgan fingerprint density at radius 1 is 1.03 bits per heavy atom. The van der Waals surface area contributed by atoms with Crippen LogP contribution in [-0.4, -0.2) is 46.6 Å². The van der Waals surface area contributed by atoms with E-state index in [0.29, 0.717) is 19.6 Å². The third-order valence-corrected chi connectivity index (χ3v) is 7.26. The Morgan fingerprint density at radius 2 is 1.69 bits per heavy atom. The van der Waals surface area contributed by atoms with Crippen molar-refractivity contribution in [3.63, 3.8) is 0 Å². The predicted molar refractivity (Wildman–Crippen MR) is 130 cm³/mol. The lowest BCUT2D eigenvalue weighted by Crippen LogP contribution is -2.46. The molecule has 0 radical (unpaired) electrons. The Morgan fingerprint density at radius 3 is 2.28 bits per heavy atom. The van der Waals surface area contributed by atoms with E-state index in [2.05, 4.69) is 28.2 Å². The first-order valence-corrected chi connectivity index (χ1v) is 12.6. The van der Waals surface area contributed by atoms with Crippen molar-refractivity contribution < 1.29 is 9.53 Å². The van der Waals surface area contributed by atoms with E-state index in [9.17, 15) is 4.79 Å². The first-order chi connectivity index (χ1) is 15.7. The van der Waals surface area contributed by atoms with Gasteiger partial charge in [-0.25, -0.2) is 14.8 Å². The lowest BCUT2D eigenvalue weighted by molar-refractivity contribution is 0.111. The second-order valence-corrected chi connectivity index (χ2v) is 9.56. The van der Waals surface area contributed by atoms with Crippen LogP contribution in [0.2, 0.25) is 0 Å². The maximum absolute atomic E-state index is 12.0. The summed E-state index contributed by atoms with van der Waals surface area (Å²) >= 11 is 3.34. The van der Waals surface area contributed by atoms with Crippen molar-refractivity contribution in [3.8, 4) is 26.9 Å². The Kier molecular flexibility index (Phi) is 6.05. The van der Waals surface area contributed by atoms with E-state index in [1.54, 1.807) is 22.7 Å². The molecule has 3 aromatic heterocycles. The first kappa shape index (κ1) is 20.9. The Hall–Kier alpha value is -2.97. The van der Waals surface area contributed by atoms with Crippen molar-refractivity contribution in [2.45, 2.75) is 25.9 Å². The number of likely N-dealkylation sites (tertiary alicyclic amines) is 1. The number of benzene rings is 1. The molecule has 1 N–H and O–H groups in total. The number of hydrogen-bond acceptors (Lipinski definition) is 6. The Labute approximate surface area is 194 Å². The summed E-state index contributed by atoms with van der Waals surface area (Å²) in [7, 11) is 0. The summed E-state index contributed by atoms with van der Waals surface area (Å²) in [6, 6.07) is 14.2. The van der Waals surface area contributed by atoms with Gasteiger partial charge in [-0.05, 0) is 41.9 Å². The van der Waals surface area contributed by atoms with Gasteiger partial charge >= 0.3 is 6.03 Å². The molecular weight excluding hydrogens is 440 g/mol. The van der Waals surface area contributed by atoms with Crippen LogP contribution in [-0.2, 0) is 0 Å². The normalized spacial score (nSPS) is 14.6. The van der Waals surface area contributed by atoms with Crippen molar-refractivity contribution >= 4 is 39.7 Å². The third kappa shape index (κ3) is 4.33. The zero-order valence-corrected chi connectivity index (χ0v) is 19.4. The summed E-state index contributed by atoms with van der Waals surface area (Å²) < 4.78 is 6.26. The first-order valence-electron chi connectivity index (χ1n) is 10.8. The lowest BCUT2D eigenvalue weighted by Gasteiger charge is -2.32. The second-order valence-electron chi connectivity index (χ2n) is 7.67. The number of carbonyl (C=O) groups excluding carboxylic acids is 1. The van der Waals surface area contributed by atoms with Crippen LogP contribution < -0.4 is 10.1 Å². The third-order valence-electron chi connectivity index (χ3n) is 5.50. The molecule has 164 valence electrons. The van der Waals surface area contributed by atoms with Crippen LogP contribution in [0.15, 0.2) is 53.2 Å². The molecule has 0 unspecified atom stereocenters. The van der Waals surface area contributed by atoms with Gasteiger partial charge in [0.25, 0.3) is 0 Å². The molecular formula is C24H24N4O2S2. The summed E-state index contributed by atoms with van der Waals surface area (Å²) in [4.78, 5) is 26.0. The van der Waals surface area contributed by atoms with Crippen LogP contribution in [0.1, 0.15) is 19.8 Å². The maximum atomic E-state index is 12.0. The highest BCUT2D eigenvalue weighted by molar-refractivity contribution is 7.14. The number of hydrogen-bond donors (Lipinski definition) is 1. The lowest BCUT2D eigenvalue weighted by atomic mass is 10.1. The zero-order valence-electron chi connectivity index (χ0n) is 17.8. The molecule has 8 heteroatoms. The van der Waals surface area contributed by atoms with Crippen molar-refractivity contribution in [2.24, 2.45) is 0 Å². The minimum Gasteiger partial charge on any atom is -0.490 e. The molecule has 32 heavy (non-hydrogen) atoms. The molecule has 0 aliphatic carbocycles. The smallest absolute Gasteiger partial charge is 0.317 e. The van der Waals surface area contributed by atoms with Crippen LogP contribution in [0, 0.1) is 0 Å². The van der Waals surface area contributed by atoms with Gasteiger partial charge in [0.15, 0.2) is 0 Å². The number of nitrogens with zero attached hydrogens (tertiary/aromatic N) is 3. The molecule has 0 atom stereocenters. The summed E-state index contributed by atoms with van der Waals surface area (Å²) in [6.07, 6.45) is 1.73. The van der Waals surface area contributed by atoms with Gasteiger partial charge in [-0.1, -0.05) is 12.1 Å². The predicted octanol–water partition coefficient (Wildman–Crippen LogP) is 5.66. The standard InChI is InChI=1S/C24H24N4O2S2/c1-2-25-24(29)28-11-9-16(10-12-28)30-17-7-8-18-19(15-17)27-23(21-6-4-14-32-21)22(26-18)20-5-3-13-31-20/h3-8,13-16H,2,9-12H2,1H3,(H,25,29). The van der Waals surface area contributed by atoms with Crippen molar-refractivity contribution in [1.82, 2.24) is 20.2 Å². The van der Waals surface area contributed by atoms with Crippen LogP contribution in [0.4, 0.5) is 4.79 Å². The molecule has 1 saturated heterocycles. The minimum absolute atomic E-state index is 0.00887. The van der Waals surface area contributed by atoms with Gasteiger partial charge in [0.1, 0.15) is 23.2 Å². The highest BCUT2D eigenvalue weighted by Gasteiger charge is 2.24. The van der Waals surface area contributed by atoms with Gasteiger partial charge in [0, 0.05) is 38.5 Å². The van der Waals surface area contributed by atoms with E-state index in [4.69, 9.17) is 14.7 Å². The summed E-state index contributed by atoms with van der Waals surface area (Å²) in [5.74, 6) is 0.796. The molecule has 0 bridgehead atoms. The molecule has 2 amide bonds. The monoisotopic (exact) mass is 464 g/mol. The van der Waals surface area contributed by atoms with Crippen LogP contribution in [0.25, 0.3) is 32.2 Å². The number of ether oxygens (including phenoxy) is 1. The zero-order chi connectivity index (χ0) is 21.9. The fourth-order valence-electron chi connectivity index (χ4n) is 3.91. The molecule has 0 spiro atoms. The summed E-state index contributed by atoms with van der Waals surface area (Å²) in [6.45, 7) is 3.99. The highest BCUT2D eigenvalue weighted by Crippen LogP contribution is 2.36. The quantitative estimate of drug-likeness (QED) is 0.414. The number of nitrogens with one attached hydrogen (secondary N) is 1. The van der Waals surface area contributed by atoms with E-state index in [0.717, 1.165) is 50.8 Å². The number of urea groups is 1. The van der Waals surface area contributed by atoms with Gasteiger partial charge in [0.05, 0.1) is 20.8 Å². The van der Waals surface area contributed by atoms with Gasteiger partial charge in [-0.3, -0.25) is 0 Å². The summed E-state index contributed by atoms with van der Waals surface area (Å²) in [5, 5.41) is 6.99. The minimum atomic E-state index is 0.00887. The number of rotatable bonds is 5. The fourth-order valence-corrected chi connectivity index (χ4v) is 5.34. The van der Waals surface area contributed by atoms with Crippen LogP contribution in [0.3, 0.4) is 0 Å². The number of aromatic nitrogens is 2. The number of thiophene rings is 2. The molecule has 1 aliphatic heterocycles. The topological polar surface area (TPSA) is 67.4 Å². The van der Waals surface area contributed by atoms with Crippen molar-refractivity contribution in [3.05, 3.63) is 53.2 Å². The Balaban J connectivity index is 1.39. The number of carbonyl (C=O) groups is 1. The Bertz CT molecular complexity index is 1200. The molecule has 5 rings (SSSR count). The largest absolute Gasteiger partial charge is 0.490 e. The summed E-state index contributed by atoms with van der Waals surface area (Å²) in [5.41, 5.74) is 3.50. The SMILES string of the molecule is CCNC(=O)N1CCC(Oc2ccc3nc(-c4cccs4)c(-c4cccs4)nc3c2)CC1. The number of piperidine rings is 1. The van der Waals surface area contributed by atoms with Crippen molar-refractivity contribution in [1.29, 1.82) is 0 Å². The van der Waals surface area contributed by atoms with E-state index in [1.807, 2.05) is 42.2 Å². The molecule has 1 aliphatic rings. The molecule has 0 saturated carbocycles. The van der Waals surface area contributed by atoms with Crippen LogP contribution in [0.5, 0.6) is 5.75 Å². The average Bonchev–Trinajstić information content (AvgIpc) is 3.53. The van der Waals surface area contributed by atoms with Crippen LogP contribution >= 0.6 is 22.7 Å². The molecule has 1 aromatic carbocycles. The second kappa shape index (κ2) is 9.26. The van der Waals surface area contributed by atoms with Gasteiger partial charge in [-0.2, -0.15) is 0 Å². The van der Waals surface area contributed by atoms with Gasteiger partial charge in [0.2, 0.25) is 0 Å². The van der Waals surface area contributed by atoms with Gasteiger partial charge < -0.3 is 15.0 Å². The van der Waals surface area contributed by atoms with Crippen molar-refractivity contribution in [2.75, 3.05) is 19.6 Å². The average molecular weight is 465 g/mol. The number of fused-ring (bicyclic) bond motifs is 1. The van der Waals surface area contributed by atoms with E-state index < -0.39 is 0 Å². The highest BCUT2D eigenvalue weighted by atomic mass is 32.1. The maximum Gasteiger partial charge on any atom is 0.317 e.